The average Bonchev–Trinajstić information content (AvgIpc) is 3.21. The van der Waals surface area contributed by atoms with Crippen molar-refractivity contribution in [1.29, 1.82) is 0 Å². The Morgan fingerprint density at radius 3 is 2.66 bits per heavy atom. The maximum atomic E-state index is 4.86. The Balaban J connectivity index is 1.39. The SMILES string of the molecule is c1ccc(CN2CC[C@H](Nc3nc(-c4cccnc4)nc4ccccc34)C2)cc1. The lowest BCUT2D eigenvalue weighted by atomic mass is 10.2. The van der Waals surface area contributed by atoms with Gasteiger partial charge in [-0.3, -0.25) is 9.88 Å². The van der Waals surface area contributed by atoms with E-state index in [-0.39, 0.29) is 0 Å². The van der Waals surface area contributed by atoms with Crippen LogP contribution in [0.2, 0.25) is 0 Å². The first-order chi connectivity index (χ1) is 14.3. The summed E-state index contributed by atoms with van der Waals surface area (Å²) >= 11 is 0. The number of benzene rings is 2. The van der Waals surface area contributed by atoms with Crippen LogP contribution in [0.5, 0.6) is 0 Å². The Labute approximate surface area is 170 Å². The number of anilines is 1. The summed E-state index contributed by atoms with van der Waals surface area (Å²) in [6.45, 7) is 3.09. The third kappa shape index (κ3) is 3.96. The van der Waals surface area contributed by atoms with Crippen molar-refractivity contribution in [1.82, 2.24) is 19.9 Å². The minimum Gasteiger partial charge on any atom is -0.365 e. The van der Waals surface area contributed by atoms with E-state index >= 15 is 0 Å². The van der Waals surface area contributed by atoms with Gasteiger partial charge >= 0.3 is 0 Å². The molecule has 3 heterocycles. The first-order valence-electron chi connectivity index (χ1n) is 10.1. The van der Waals surface area contributed by atoms with Crippen LogP contribution in [0.15, 0.2) is 79.1 Å². The highest BCUT2D eigenvalue weighted by Gasteiger charge is 2.23. The van der Waals surface area contributed by atoms with Gasteiger partial charge in [-0.2, -0.15) is 0 Å². The lowest BCUT2D eigenvalue weighted by Gasteiger charge is -2.18. The number of para-hydroxylation sites is 1. The molecule has 0 unspecified atom stereocenters. The predicted molar refractivity (Wildman–Crippen MR) is 117 cm³/mol. The molecule has 0 bridgehead atoms. The molecular weight excluding hydrogens is 358 g/mol. The van der Waals surface area contributed by atoms with Crippen molar-refractivity contribution in [2.75, 3.05) is 18.4 Å². The molecule has 5 heteroatoms. The predicted octanol–water partition coefficient (Wildman–Crippen LogP) is 4.38. The summed E-state index contributed by atoms with van der Waals surface area (Å²) in [7, 11) is 0. The maximum Gasteiger partial charge on any atom is 0.163 e. The molecule has 1 saturated heterocycles. The van der Waals surface area contributed by atoms with Crippen LogP contribution in [0.25, 0.3) is 22.3 Å². The van der Waals surface area contributed by atoms with E-state index in [0.29, 0.717) is 11.9 Å². The van der Waals surface area contributed by atoms with Crippen LogP contribution in [-0.4, -0.2) is 39.0 Å². The van der Waals surface area contributed by atoms with E-state index in [2.05, 4.69) is 51.6 Å². The van der Waals surface area contributed by atoms with Crippen molar-refractivity contribution < 1.29 is 0 Å². The van der Waals surface area contributed by atoms with E-state index in [0.717, 1.165) is 48.3 Å². The second kappa shape index (κ2) is 7.97. The third-order valence-corrected chi connectivity index (χ3v) is 5.39. The van der Waals surface area contributed by atoms with Gasteiger partial charge in [0.05, 0.1) is 5.52 Å². The number of aromatic nitrogens is 3. The number of hydrogen-bond donors (Lipinski definition) is 1. The second-order valence-corrected chi connectivity index (χ2v) is 7.51. The fraction of sp³-hybridized carbons (Fsp3) is 0.208. The molecule has 1 N–H and O–H groups in total. The smallest absolute Gasteiger partial charge is 0.163 e. The molecule has 0 amide bonds. The van der Waals surface area contributed by atoms with E-state index in [1.54, 1.807) is 6.20 Å². The van der Waals surface area contributed by atoms with E-state index in [9.17, 15) is 0 Å². The maximum absolute atomic E-state index is 4.86. The van der Waals surface area contributed by atoms with Crippen LogP contribution in [-0.2, 0) is 6.54 Å². The molecule has 0 aliphatic carbocycles. The lowest BCUT2D eigenvalue weighted by Crippen LogP contribution is -2.26. The first-order valence-corrected chi connectivity index (χ1v) is 10.1. The van der Waals surface area contributed by atoms with Crippen molar-refractivity contribution in [2.24, 2.45) is 0 Å². The first kappa shape index (κ1) is 17.8. The van der Waals surface area contributed by atoms with Gasteiger partial charge in [-0.25, -0.2) is 9.97 Å². The Hall–Kier alpha value is -3.31. The monoisotopic (exact) mass is 381 g/mol. The summed E-state index contributed by atoms with van der Waals surface area (Å²) < 4.78 is 0. The number of hydrogen-bond acceptors (Lipinski definition) is 5. The van der Waals surface area contributed by atoms with Crippen molar-refractivity contribution >= 4 is 16.7 Å². The highest BCUT2D eigenvalue weighted by atomic mass is 15.2. The van der Waals surface area contributed by atoms with Gasteiger partial charge in [0.25, 0.3) is 0 Å². The van der Waals surface area contributed by atoms with Gasteiger partial charge in [-0.05, 0) is 36.2 Å². The van der Waals surface area contributed by atoms with Crippen LogP contribution >= 0.6 is 0 Å². The molecule has 2 aromatic heterocycles. The molecule has 1 atom stereocenters. The van der Waals surface area contributed by atoms with Crippen molar-refractivity contribution in [3.63, 3.8) is 0 Å². The molecule has 0 spiro atoms. The van der Waals surface area contributed by atoms with E-state index < -0.39 is 0 Å². The summed E-state index contributed by atoms with van der Waals surface area (Å²) in [5.74, 6) is 1.61. The van der Waals surface area contributed by atoms with E-state index in [1.165, 1.54) is 5.56 Å². The van der Waals surface area contributed by atoms with Crippen LogP contribution in [0.1, 0.15) is 12.0 Å². The van der Waals surface area contributed by atoms with Crippen molar-refractivity contribution in [3.05, 3.63) is 84.7 Å². The highest BCUT2D eigenvalue weighted by Crippen LogP contribution is 2.26. The van der Waals surface area contributed by atoms with Crippen LogP contribution in [0.4, 0.5) is 5.82 Å². The quantitative estimate of drug-likeness (QED) is 0.556. The summed E-state index contributed by atoms with van der Waals surface area (Å²) in [6, 6.07) is 23.1. The van der Waals surface area contributed by atoms with Crippen molar-refractivity contribution in [2.45, 2.75) is 19.0 Å². The molecule has 0 saturated carbocycles. The summed E-state index contributed by atoms with van der Waals surface area (Å²) in [5.41, 5.74) is 3.24. The third-order valence-electron chi connectivity index (χ3n) is 5.39. The van der Waals surface area contributed by atoms with E-state index in [4.69, 9.17) is 9.97 Å². The second-order valence-electron chi connectivity index (χ2n) is 7.51. The molecule has 144 valence electrons. The van der Waals surface area contributed by atoms with Gasteiger partial charge in [0.15, 0.2) is 5.82 Å². The van der Waals surface area contributed by atoms with Gasteiger partial charge < -0.3 is 5.32 Å². The number of rotatable bonds is 5. The molecule has 29 heavy (non-hydrogen) atoms. The highest BCUT2D eigenvalue weighted by molar-refractivity contribution is 5.90. The Morgan fingerprint density at radius 1 is 0.931 bits per heavy atom. The largest absolute Gasteiger partial charge is 0.365 e. The molecular formula is C24H23N5. The standard InChI is InChI=1S/C24H23N5/c1-2-7-18(8-3-1)16-29-14-12-20(17-29)26-24-21-10-4-5-11-22(21)27-23(28-24)19-9-6-13-25-15-19/h1-11,13,15,20H,12,14,16-17H2,(H,26,27,28)/t20-/m0/s1. The zero-order valence-corrected chi connectivity index (χ0v) is 16.2. The van der Waals surface area contributed by atoms with Crippen LogP contribution in [0, 0.1) is 0 Å². The van der Waals surface area contributed by atoms with Crippen LogP contribution < -0.4 is 5.32 Å². The Kier molecular flexibility index (Phi) is 4.88. The topological polar surface area (TPSA) is 53.9 Å². The van der Waals surface area contributed by atoms with Crippen LogP contribution in [0.3, 0.4) is 0 Å². The minimum absolute atomic E-state index is 0.374. The molecule has 1 aliphatic rings. The number of likely N-dealkylation sites (tertiary alicyclic amines) is 1. The fourth-order valence-electron chi connectivity index (χ4n) is 3.94. The van der Waals surface area contributed by atoms with Gasteiger partial charge in [-0.1, -0.05) is 42.5 Å². The Morgan fingerprint density at radius 2 is 1.79 bits per heavy atom. The number of nitrogens with one attached hydrogen (secondary N) is 1. The molecule has 2 aromatic carbocycles. The molecule has 0 radical (unpaired) electrons. The molecule has 1 aliphatic heterocycles. The van der Waals surface area contributed by atoms with Gasteiger partial charge in [0.2, 0.25) is 0 Å². The number of nitrogens with zero attached hydrogens (tertiary/aromatic N) is 4. The normalized spacial score (nSPS) is 16.9. The molecule has 5 rings (SSSR count). The molecule has 4 aromatic rings. The lowest BCUT2D eigenvalue weighted by molar-refractivity contribution is 0.328. The van der Waals surface area contributed by atoms with Gasteiger partial charge in [0.1, 0.15) is 5.82 Å². The zero-order chi connectivity index (χ0) is 19.5. The van der Waals surface area contributed by atoms with Gasteiger partial charge in [-0.15, -0.1) is 0 Å². The summed E-state index contributed by atoms with van der Waals surface area (Å²) in [4.78, 5) is 16.3. The molecule has 1 fully saturated rings. The summed E-state index contributed by atoms with van der Waals surface area (Å²) in [6.07, 6.45) is 4.68. The number of pyridine rings is 1. The average molecular weight is 381 g/mol. The van der Waals surface area contributed by atoms with E-state index in [1.807, 2.05) is 36.5 Å². The minimum atomic E-state index is 0.374. The zero-order valence-electron chi connectivity index (χ0n) is 16.2. The summed E-state index contributed by atoms with van der Waals surface area (Å²) in [5, 5.41) is 4.75. The molecule has 5 nitrogen and oxygen atoms in total. The Bertz CT molecular complexity index is 1100. The van der Waals surface area contributed by atoms with Crippen molar-refractivity contribution in [3.8, 4) is 11.4 Å². The number of fused-ring (bicyclic) bond motifs is 1. The fourth-order valence-corrected chi connectivity index (χ4v) is 3.94. The van der Waals surface area contributed by atoms with Gasteiger partial charge in [0, 0.05) is 49.0 Å².